The van der Waals surface area contributed by atoms with E-state index in [1.807, 2.05) is 84.9 Å². The monoisotopic (exact) mass is 370 g/mol. The summed E-state index contributed by atoms with van der Waals surface area (Å²) in [6.07, 6.45) is 0.431. The number of para-hydroxylation sites is 1. The molecule has 1 aliphatic heterocycles. The second-order valence-corrected chi connectivity index (χ2v) is 7.07. The van der Waals surface area contributed by atoms with Crippen molar-refractivity contribution in [1.29, 1.82) is 0 Å². The quantitative estimate of drug-likeness (QED) is 0.690. The third-order valence-electron chi connectivity index (χ3n) is 5.06. The van der Waals surface area contributed by atoms with Crippen molar-refractivity contribution in [2.24, 2.45) is 5.92 Å². The van der Waals surface area contributed by atoms with Gasteiger partial charge in [-0.15, -0.1) is 0 Å². The summed E-state index contributed by atoms with van der Waals surface area (Å²) in [5, 5.41) is 2.89. The van der Waals surface area contributed by atoms with Gasteiger partial charge in [0.2, 0.25) is 11.8 Å². The number of hydrogen-bond donors (Lipinski definition) is 1. The van der Waals surface area contributed by atoms with Crippen LogP contribution in [0.15, 0.2) is 84.9 Å². The molecule has 4 nitrogen and oxygen atoms in total. The molecule has 140 valence electrons. The molecule has 4 rings (SSSR count). The molecule has 0 radical (unpaired) electrons. The van der Waals surface area contributed by atoms with Gasteiger partial charge in [0.15, 0.2) is 0 Å². The molecule has 0 spiro atoms. The molecule has 0 fully saturated rings. The molecule has 0 aliphatic carbocycles. The number of benzene rings is 3. The third kappa shape index (κ3) is 3.96. The number of carbonyl (C=O) groups is 2. The van der Waals surface area contributed by atoms with Crippen molar-refractivity contribution in [3.05, 3.63) is 102 Å². The van der Waals surface area contributed by atoms with Crippen molar-refractivity contribution < 1.29 is 9.59 Å². The van der Waals surface area contributed by atoms with E-state index in [0.29, 0.717) is 19.5 Å². The van der Waals surface area contributed by atoms with Gasteiger partial charge in [0, 0.05) is 18.8 Å². The van der Waals surface area contributed by atoms with Gasteiger partial charge in [-0.3, -0.25) is 9.59 Å². The van der Waals surface area contributed by atoms with Crippen molar-refractivity contribution in [2.45, 2.75) is 19.5 Å². The Balaban J connectivity index is 1.60. The van der Waals surface area contributed by atoms with Gasteiger partial charge < -0.3 is 10.2 Å². The Morgan fingerprint density at radius 1 is 0.821 bits per heavy atom. The molecule has 0 bridgehead atoms. The summed E-state index contributed by atoms with van der Waals surface area (Å²) in [7, 11) is 0. The normalized spacial score (nSPS) is 15.4. The van der Waals surface area contributed by atoms with Crippen LogP contribution in [0.25, 0.3) is 0 Å². The standard InChI is InChI=1S/C24H22N2O2/c27-23-21(15-20-13-7-8-14-22(20)25-23)24(28)26(16-18-9-3-1-4-10-18)17-19-11-5-2-6-12-19/h1-14,21H,15-17H2,(H,25,27). The van der Waals surface area contributed by atoms with Crippen LogP contribution >= 0.6 is 0 Å². The van der Waals surface area contributed by atoms with Crippen LogP contribution in [0.3, 0.4) is 0 Å². The number of fused-ring (bicyclic) bond motifs is 1. The number of amides is 2. The largest absolute Gasteiger partial charge is 0.333 e. The zero-order chi connectivity index (χ0) is 19.3. The number of hydrogen-bond acceptors (Lipinski definition) is 2. The molecule has 2 amide bonds. The van der Waals surface area contributed by atoms with Crippen LogP contribution in [0.4, 0.5) is 5.69 Å². The van der Waals surface area contributed by atoms with Gasteiger partial charge in [0.1, 0.15) is 5.92 Å². The van der Waals surface area contributed by atoms with E-state index in [1.165, 1.54) is 0 Å². The van der Waals surface area contributed by atoms with E-state index < -0.39 is 5.92 Å². The molecular weight excluding hydrogens is 348 g/mol. The molecule has 28 heavy (non-hydrogen) atoms. The van der Waals surface area contributed by atoms with E-state index in [-0.39, 0.29) is 11.8 Å². The van der Waals surface area contributed by atoms with Crippen LogP contribution in [-0.4, -0.2) is 16.7 Å². The van der Waals surface area contributed by atoms with Gasteiger partial charge in [0.05, 0.1) is 0 Å². The Morgan fingerprint density at radius 3 is 1.96 bits per heavy atom. The minimum absolute atomic E-state index is 0.139. The first-order valence-corrected chi connectivity index (χ1v) is 9.46. The van der Waals surface area contributed by atoms with Crippen molar-refractivity contribution >= 4 is 17.5 Å². The molecule has 1 heterocycles. The highest BCUT2D eigenvalue weighted by atomic mass is 16.2. The summed E-state index contributed by atoms with van der Waals surface area (Å²) in [6, 6.07) is 27.4. The second kappa shape index (κ2) is 8.09. The molecule has 0 saturated heterocycles. The van der Waals surface area contributed by atoms with Crippen LogP contribution in [-0.2, 0) is 29.1 Å². The summed E-state index contributed by atoms with van der Waals surface area (Å²) in [5.41, 5.74) is 3.89. The fourth-order valence-electron chi connectivity index (χ4n) is 3.59. The average Bonchev–Trinajstić information content (AvgIpc) is 2.74. The lowest BCUT2D eigenvalue weighted by Crippen LogP contribution is -2.43. The summed E-state index contributed by atoms with van der Waals surface area (Å²) < 4.78 is 0. The second-order valence-electron chi connectivity index (χ2n) is 7.07. The van der Waals surface area contributed by atoms with Gasteiger partial charge in [-0.1, -0.05) is 78.9 Å². The first-order valence-electron chi connectivity index (χ1n) is 9.46. The average molecular weight is 370 g/mol. The first kappa shape index (κ1) is 18.0. The smallest absolute Gasteiger partial charge is 0.237 e. The lowest BCUT2D eigenvalue weighted by atomic mass is 9.91. The maximum atomic E-state index is 13.4. The third-order valence-corrected chi connectivity index (χ3v) is 5.06. The molecule has 3 aromatic rings. The molecule has 3 aromatic carbocycles. The molecule has 1 unspecified atom stereocenters. The number of rotatable bonds is 5. The summed E-state index contributed by atoms with van der Waals surface area (Å²) in [4.78, 5) is 27.8. The van der Waals surface area contributed by atoms with Crippen LogP contribution in [0.1, 0.15) is 16.7 Å². The number of carbonyl (C=O) groups excluding carboxylic acids is 2. The SMILES string of the molecule is O=C1Nc2ccccc2CC1C(=O)N(Cc1ccccc1)Cc1ccccc1. The summed E-state index contributed by atoms with van der Waals surface area (Å²) in [5.74, 6) is -1.07. The van der Waals surface area contributed by atoms with Crippen LogP contribution in [0.5, 0.6) is 0 Å². The van der Waals surface area contributed by atoms with Crippen LogP contribution in [0, 0.1) is 5.92 Å². The fourth-order valence-corrected chi connectivity index (χ4v) is 3.59. The van der Waals surface area contributed by atoms with Crippen LogP contribution < -0.4 is 5.32 Å². The van der Waals surface area contributed by atoms with Crippen molar-refractivity contribution in [3.8, 4) is 0 Å². The number of nitrogens with zero attached hydrogens (tertiary/aromatic N) is 1. The number of nitrogens with one attached hydrogen (secondary N) is 1. The summed E-state index contributed by atoms with van der Waals surface area (Å²) >= 11 is 0. The molecular formula is C24H22N2O2. The predicted octanol–water partition coefficient (Wildman–Crippen LogP) is 4.03. The zero-order valence-corrected chi connectivity index (χ0v) is 15.5. The Kier molecular flexibility index (Phi) is 5.20. The highest BCUT2D eigenvalue weighted by molar-refractivity contribution is 6.08. The van der Waals surface area contributed by atoms with E-state index in [4.69, 9.17) is 0 Å². The van der Waals surface area contributed by atoms with Crippen molar-refractivity contribution in [1.82, 2.24) is 4.90 Å². The number of anilines is 1. The summed E-state index contributed by atoms with van der Waals surface area (Å²) in [6.45, 7) is 0.944. The Labute approximate surface area is 164 Å². The van der Waals surface area contributed by atoms with E-state index in [1.54, 1.807) is 4.90 Å². The fraction of sp³-hybridized carbons (Fsp3) is 0.167. The highest BCUT2D eigenvalue weighted by Gasteiger charge is 2.34. The molecule has 1 aliphatic rings. The topological polar surface area (TPSA) is 49.4 Å². The Hall–Kier alpha value is -3.40. The molecule has 0 aromatic heterocycles. The predicted molar refractivity (Wildman–Crippen MR) is 109 cm³/mol. The van der Waals surface area contributed by atoms with Gasteiger partial charge in [-0.25, -0.2) is 0 Å². The van der Waals surface area contributed by atoms with Crippen molar-refractivity contribution in [2.75, 3.05) is 5.32 Å². The highest BCUT2D eigenvalue weighted by Crippen LogP contribution is 2.27. The maximum Gasteiger partial charge on any atom is 0.237 e. The molecule has 1 atom stereocenters. The van der Waals surface area contributed by atoms with E-state index >= 15 is 0 Å². The zero-order valence-electron chi connectivity index (χ0n) is 15.5. The van der Waals surface area contributed by atoms with Gasteiger partial charge in [0.25, 0.3) is 0 Å². The lowest BCUT2D eigenvalue weighted by Gasteiger charge is -2.30. The van der Waals surface area contributed by atoms with Gasteiger partial charge in [-0.05, 0) is 29.2 Å². The van der Waals surface area contributed by atoms with E-state index in [9.17, 15) is 9.59 Å². The van der Waals surface area contributed by atoms with Crippen LogP contribution in [0.2, 0.25) is 0 Å². The minimum atomic E-state index is -0.706. The van der Waals surface area contributed by atoms with E-state index in [2.05, 4.69) is 5.32 Å². The van der Waals surface area contributed by atoms with Crippen molar-refractivity contribution in [3.63, 3.8) is 0 Å². The molecule has 4 heteroatoms. The minimum Gasteiger partial charge on any atom is -0.333 e. The first-order chi connectivity index (χ1) is 13.7. The lowest BCUT2D eigenvalue weighted by molar-refractivity contribution is -0.141. The molecule has 0 saturated carbocycles. The van der Waals surface area contributed by atoms with Gasteiger partial charge in [-0.2, -0.15) is 0 Å². The molecule has 1 N–H and O–H groups in total. The maximum absolute atomic E-state index is 13.4. The van der Waals surface area contributed by atoms with Gasteiger partial charge >= 0.3 is 0 Å². The van der Waals surface area contributed by atoms with E-state index in [0.717, 1.165) is 22.4 Å². The Bertz CT molecular complexity index is 929. The Morgan fingerprint density at radius 2 is 1.36 bits per heavy atom.